The molecule has 0 saturated carbocycles. The zero-order chi connectivity index (χ0) is 11.1. The molecule has 0 aliphatic carbocycles. The highest BCUT2D eigenvalue weighted by Gasteiger charge is 2.21. The Kier molecular flexibility index (Phi) is 2.34. The average Bonchev–Trinajstić information content (AvgIpc) is 2.15. The van der Waals surface area contributed by atoms with Crippen LogP contribution in [0.4, 0.5) is 0 Å². The van der Waals surface area contributed by atoms with Crippen molar-refractivity contribution in [2.45, 2.75) is 27.7 Å². The molecule has 1 aliphatic rings. The summed E-state index contributed by atoms with van der Waals surface area (Å²) >= 11 is 0. The maximum atomic E-state index is 5.75. The van der Waals surface area contributed by atoms with Crippen LogP contribution in [0.1, 0.15) is 31.9 Å². The Balaban J connectivity index is 2.44. The first-order chi connectivity index (χ1) is 6.97. The minimum absolute atomic E-state index is 0.196. The van der Waals surface area contributed by atoms with Gasteiger partial charge in [-0.2, -0.15) is 0 Å². The molecular formula is C14H18O. The lowest BCUT2D eigenvalue weighted by molar-refractivity contribution is 0.310. The monoisotopic (exact) mass is 202 g/mol. The third-order valence-electron chi connectivity index (χ3n) is 2.84. The largest absolute Gasteiger partial charge is 0.489 e. The second-order valence-electron chi connectivity index (χ2n) is 5.25. The molecule has 0 aromatic heterocycles. The SMILES string of the molecule is Cc1ccc2c(c1)C=C(C(C)(C)C)CO2. The van der Waals surface area contributed by atoms with Gasteiger partial charge in [-0.15, -0.1) is 0 Å². The second-order valence-corrected chi connectivity index (χ2v) is 5.25. The van der Waals surface area contributed by atoms with E-state index in [0.29, 0.717) is 0 Å². The molecule has 1 heteroatoms. The lowest BCUT2D eigenvalue weighted by Gasteiger charge is -2.27. The Morgan fingerprint density at radius 2 is 1.93 bits per heavy atom. The van der Waals surface area contributed by atoms with Crippen LogP contribution < -0.4 is 4.74 Å². The first kappa shape index (κ1) is 10.3. The number of hydrogen-bond donors (Lipinski definition) is 0. The van der Waals surface area contributed by atoms with Gasteiger partial charge in [0.2, 0.25) is 0 Å². The van der Waals surface area contributed by atoms with Crippen molar-refractivity contribution in [3.8, 4) is 5.75 Å². The smallest absolute Gasteiger partial charge is 0.127 e. The molecule has 1 heterocycles. The van der Waals surface area contributed by atoms with Gasteiger partial charge in [0.05, 0.1) is 0 Å². The fraction of sp³-hybridized carbons (Fsp3) is 0.429. The maximum absolute atomic E-state index is 5.75. The minimum atomic E-state index is 0.196. The Morgan fingerprint density at radius 1 is 1.20 bits per heavy atom. The van der Waals surface area contributed by atoms with E-state index in [1.807, 2.05) is 0 Å². The van der Waals surface area contributed by atoms with Gasteiger partial charge in [-0.25, -0.2) is 0 Å². The first-order valence-corrected chi connectivity index (χ1v) is 5.41. The molecule has 0 bridgehead atoms. The van der Waals surface area contributed by atoms with Crippen molar-refractivity contribution in [2.75, 3.05) is 6.61 Å². The van der Waals surface area contributed by atoms with Gasteiger partial charge in [0.1, 0.15) is 12.4 Å². The lowest BCUT2D eigenvalue weighted by atomic mass is 9.84. The fourth-order valence-corrected chi connectivity index (χ4v) is 1.73. The van der Waals surface area contributed by atoms with Crippen molar-refractivity contribution in [1.29, 1.82) is 0 Å². The van der Waals surface area contributed by atoms with Gasteiger partial charge in [-0.05, 0) is 36.1 Å². The van der Waals surface area contributed by atoms with Crippen molar-refractivity contribution >= 4 is 6.08 Å². The van der Waals surface area contributed by atoms with E-state index in [9.17, 15) is 0 Å². The quantitative estimate of drug-likeness (QED) is 0.621. The Labute approximate surface area is 91.8 Å². The van der Waals surface area contributed by atoms with Gasteiger partial charge in [0, 0.05) is 5.56 Å². The van der Waals surface area contributed by atoms with E-state index < -0.39 is 0 Å². The molecule has 0 radical (unpaired) electrons. The number of aryl methyl sites for hydroxylation is 1. The molecule has 0 unspecified atom stereocenters. The van der Waals surface area contributed by atoms with Crippen LogP contribution in [0.2, 0.25) is 0 Å². The summed E-state index contributed by atoms with van der Waals surface area (Å²) in [5, 5.41) is 0. The summed E-state index contributed by atoms with van der Waals surface area (Å²) in [5.74, 6) is 1.01. The van der Waals surface area contributed by atoms with Gasteiger partial charge in [0.25, 0.3) is 0 Å². The maximum Gasteiger partial charge on any atom is 0.127 e. The van der Waals surface area contributed by atoms with Crippen molar-refractivity contribution in [1.82, 2.24) is 0 Å². The molecule has 0 amide bonds. The Morgan fingerprint density at radius 3 is 2.60 bits per heavy atom. The zero-order valence-corrected chi connectivity index (χ0v) is 9.92. The molecule has 0 N–H and O–H groups in total. The zero-order valence-electron chi connectivity index (χ0n) is 9.92. The first-order valence-electron chi connectivity index (χ1n) is 5.41. The van der Waals surface area contributed by atoms with Crippen LogP contribution in [-0.2, 0) is 0 Å². The highest BCUT2D eigenvalue weighted by molar-refractivity contribution is 5.63. The fourth-order valence-electron chi connectivity index (χ4n) is 1.73. The molecule has 0 atom stereocenters. The van der Waals surface area contributed by atoms with E-state index >= 15 is 0 Å². The summed E-state index contributed by atoms with van der Waals surface area (Å²) in [6.45, 7) is 9.51. The molecule has 15 heavy (non-hydrogen) atoms. The number of fused-ring (bicyclic) bond motifs is 1. The van der Waals surface area contributed by atoms with Crippen molar-refractivity contribution in [2.24, 2.45) is 5.41 Å². The Bertz CT molecular complexity index is 408. The van der Waals surface area contributed by atoms with E-state index in [1.165, 1.54) is 16.7 Å². The van der Waals surface area contributed by atoms with Crippen LogP contribution in [-0.4, -0.2) is 6.61 Å². The highest BCUT2D eigenvalue weighted by atomic mass is 16.5. The summed E-state index contributed by atoms with van der Waals surface area (Å²) in [7, 11) is 0. The van der Waals surface area contributed by atoms with Gasteiger partial charge in [-0.3, -0.25) is 0 Å². The molecular weight excluding hydrogens is 184 g/mol. The van der Waals surface area contributed by atoms with Crippen LogP contribution in [0.5, 0.6) is 5.75 Å². The van der Waals surface area contributed by atoms with Gasteiger partial charge < -0.3 is 4.74 Å². The van der Waals surface area contributed by atoms with Crippen LogP contribution >= 0.6 is 0 Å². The van der Waals surface area contributed by atoms with E-state index in [0.717, 1.165) is 12.4 Å². The highest BCUT2D eigenvalue weighted by Crippen LogP contribution is 2.34. The minimum Gasteiger partial charge on any atom is -0.489 e. The van der Waals surface area contributed by atoms with Crippen LogP contribution in [0.25, 0.3) is 6.08 Å². The standard InChI is InChI=1S/C14H18O/c1-10-5-6-13-11(7-10)8-12(9-15-13)14(2,3)4/h5-8H,9H2,1-4H3. The summed E-state index contributed by atoms with van der Waals surface area (Å²) in [6.07, 6.45) is 2.27. The van der Waals surface area contributed by atoms with E-state index in [-0.39, 0.29) is 5.41 Å². The number of hydrogen-bond acceptors (Lipinski definition) is 1. The van der Waals surface area contributed by atoms with Crippen molar-refractivity contribution < 1.29 is 4.74 Å². The number of rotatable bonds is 0. The van der Waals surface area contributed by atoms with Crippen LogP contribution in [0, 0.1) is 12.3 Å². The topological polar surface area (TPSA) is 9.23 Å². The summed E-state index contributed by atoms with van der Waals surface area (Å²) in [6, 6.07) is 6.33. The Hall–Kier alpha value is -1.24. The molecule has 2 rings (SSSR count). The molecule has 1 nitrogen and oxygen atoms in total. The third-order valence-corrected chi connectivity index (χ3v) is 2.84. The summed E-state index contributed by atoms with van der Waals surface area (Å²) in [4.78, 5) is 0. The van der Waals surface area contributed by atoms with E-state index in [4.69, 9.17) is 4.74 Å². The van der Waals surface area contributed by atoms with Crippen molar-refractivity contribution in [3.05, 3.63) is 34.9 Å². The third kappa shape index (κ3) is 2.06. The van der Waals surface area contributed by atoms with E-state index in [1.54, 1.807) is 0 Å². The predicted octanol–water partition coefficient (Wildman–Crippen LogP) is 3.82. The summed E-state index contributed by atoms with van der Waals surface area (Å²) < 4.78 is 5.75. The average molecular weight is 202 g/mol. The predicted molar refractivity (Wildman–Crippen MR) is 64.1 cm³/mol. The van der Waals surface area contributed by atoms with E-state index in [2.05, 4.69) is 52.0 Å². The molecule has 0 spiro atoms. The number of ether oxygens (including phenoxy) is 1. The second kappa shape index (κ2) is 3.41. The molecule has 1 aromatic rings. The molecule has 1 aliphatic heterocycles. The summed E-state index contributed by atoms with van der Waals surface area (Å²) in [5.41, 5.74) is 4.05. The molecule has 1 aromatic carbocycles. The van der Waals surface area contributed by atoms with Crippen LogP contribution in [0.3, 0.4) is 0 Å². The van der Waals surface area contributed by atoms with Gasteiger partial charge in [-0.1, -0.05) is 32.4 Å². The lowest BCUT2D eigenvalue weighted by Crippen LogP contribution is -2.19. The number of benzene rings is 1. The molecule has 0 fully saturated rings. The van der Waals surface area contributed by atoms with Gasteiger partial charge in [0.15, 0.2) is 0 Å². The molecule has 80 valence electrons. The van der Waals surface area contributed by atoms with Crippen LogP contribution in [0.15, 0.2) is 23.8 Å². The van der Waals surface area contributed by atoms with Crippen molar-refractivity contribution in [3.63, 3.8) is 0 Å². The van der Waals surface area contributed by atoms with Gasteiger partial charge >= 0.3 is 0 Å². The normalized spacial score (nSPS) is 15.3. The molecule has 0 saturated heterocycles.